The van der Waals surface area contributed by atoms with E-state index < -0.39 is 9.84 Å². The zero-order valence-corrected chi connectivity index (χ0v) is 20.0. The van der Waals surface area contributed by atoms with Crippen LogP contribution < -0.4 is 19.5 Å². The van der Waals surface area contributed by atoms with Crippen LogP contribution >= 0.6 is 0 Å². The van der Waals surface area contributed by atoms with Gasteiger partial charge < -0.3 is 19.5 Å². The van der Waals surface area contributed by atoms with E-state index in [0.717, 1.165) is 22.5 Å². The van der Waals surface area contributed by atoms with Crippen LogP contribution in [0.15, 0.2) is 12.1 Å². The molecule has 176 valence electrons. The zero-order chi connectivity index (χ0) is 23.5. The molecule has 2 aromatic rings. The summed E-state index contributed by atoms with van der Waals surface area (Å²) in [4.78, 5) is 12.6. The normalized spacial score (nSPS) is 17.2. The number of rotatable bonds is 9. The number of aromatic nitrogens is 2. The number of hydrogen-bond acceptors (Lipinski definition) is 7. The van der Waals surface area contributed by atoms with Gasteiger partial charge in [-0.05, 0) is 44.4 Å². The highest BCUT2D eigenvalue weighted by molar-refractivity contribution is 7.91. The molecule has 0 saturated carbocycles. The Kier molecular flexibility index (Phi) is 7.33. The number of amides is 1. The molecule has 1 aromatic heterocycles. The van der Waals surface area contributed by atoms with Crippen molar-refractivity contribution in [1.29, 1.82) is 0 Å². The average molecular weight is 466 g/mol. The van der Waals surface area contributed by atoms with E-state index in [-0.39, 0.29) is 29.9 Å². The molecule has 1 aromatic carbocycles. The van der Waals surface area contributed by atoms with Gasteiger partial charge in [0.1, 0.15) is 0 Å². The fourth-order valence-electron chi connectivity index (χ4n) is 4.13. The van der Waals surface area contributed by atoms with Crippen LogP contribution in [0.3, 0.4) is 0 Å². The van der Waals surface area contributed by atoms with E-state index in [0.29, 0.717) is 36.6 Å². The number of aryl methyl sites for hydroxylation is 1. The molecule has 1 N–H and O–H groups in total. The number of nitrogens with zero attached hydrogens (tertiary/aromatic N) is 2. The fraction of sp³-hybridized carbons (Fsp3) is 0.545. The lowest BCUT2D eigenvalue weighted by Crippen LogP contribution is -2.27. The summed E-state index contributed by atoms with van der Waals surface area (Å²) in [6.07, 6.45) is 1.36. The molecule has 1 unspecified atom stereocenters. The van der Waals surface area contributed by atoms with Crippen LogP contribution in [-0.2, 0) is 27.5 Å². The van der Waals surface area contributed by atoms with E-state index in [2.05, 4.69) is 10.4 Å². The molecule has 1 aliphatic rings. The van der Waals surface area contributed by atoms with Crippen molar-refractivity contribution in [3.8, 4) is 17.2 Å². The molecule has 1 aliphatic heterocycles. The maximum atomic E-state index is 12.6. The lowest BCUT2D eigenvalue weighted by molar-refractivity contribution is -0.120. The number of ether oxygens (including phenoxy) is 3. The van der Waals surface area contributed by atoms with E-state index in [9.17, 15) is 13.2 Å². The van der Waals surface area contributed by atoms with Gasteiger partial charge in [0.15, 0.2) is 21.3 Å². The van der Waals surface area contributed by atoms with Crippen molar-refractivity contribution in [2.24, 2.45) is 0 Å². The van der Waals surface area contributed by atoms with Gasteiger partial charge in [0.2, 0.25) is 11.7 Å². The lowest BCUT2D eigenvalue weighted by atomic mass is 10.1. The van der Waals surface area contributed by atoms with E-state index in [1.165, 1.54) is 0 Å². The third-order valence-electron chi connectivity index (χ3n) is 5.83. The Labute approximate surface area is 189 Å². The molecule has 32 heavy (non-hydrogen) atoms. The largest absolute Gasteiger partial charge is 0.493 e. The highest BCUT2D eigenvalue weighted by atomic mass is 32.2. The summed E-state index contributed by atoms with van der Waals surface area (Å²) >= 11 is 0. The lowest BCUT2D eigenvalue weighted by Gasteiger charge is -2.14. The SMILES string of the molecule is COc1cc(CCNC(=O)Cc2c(C)nn(C3CCS(=O)(=O)C3)c2C)cc(OC)c1OC. The minimum absolute atomic E-state index is 0.107. The van der Waals surface area contributed by atoms with E-state index >= 15 is 0 Å². The zero-order valence-electron chi connectivity index (χ0n) is 19.2. The summed E-state index contributed by atoms with van der Waals surface area (Å²) in [6, 6.07) is 3.57. The Morgan fingerprint density at radius 3 is 2.34 bits per heavy atom. The number of benzene rings is 1. The van der Waals surface area contributed by atoms with E-state index in [1.807, 2.05) is 26.0 Å². The van der Waals surface area contributed by atoms with Crippen molar-refractivity contribution in [1.82, 2.24) is 15.1 Å². The first-order valence-electron chi connectivity index (χ1n) is 10.5. The quantitative estimate of drug-likeness (QED) is 0.601. The van der Waals surface area contributed by atoms with Gasteiger partial charge in [-0.3, -0.25) is 9.48 Å². The van der Waals surface area contributed by atoms with Gasteiger partial charge in [0, 0.05) is 17.8 Å². The van der Waals surface area contributed by atoms with Gasteiger partial charge in [-0.1, -0.05) is 0 Å². The second-order valence-corrected chi connectivity index (χ2v) is 10.2. The van der Waals surface area contributed by atoms with Crippen LogP contribution in [0.4, 0.5) is 0 Å². The Hall–Kier alpha value is -2.75. The number of hydrogen-bond donors (Lipinski definition) is 1. The molecule has 1 saturated heterocycles. The topological polar surface area (TPSA) is 109 Å². The van der Waals surface area contributed by atoms with Gasteiger partial charge >= 0.3 is 0 Å². The van der Waals surface area contributed by atoms with Crippen LogP contribution in [0.5, 0.6) is 17.2 Å². The molecule has 0 bridgehead atoms. The third kappa shape index (κ3) is 5.17. The van der Waals surface area contributed by atoms with Crippen molar-refractivity contribution >= 4 is 15.7 Å². The summed E-state index contributed by atoms with van der Waals surface area (Å²) in [5.74, 6) is 1.85. The highest BCUT2D eigenvalue weighted by Crippen LogP contribution is 2.38. The van der Waals surface area contributed by atoms with Crippen molar-refractivity contribution in [3.05, 3.63) is 34.6 Å². The van der Waals surface area contributed by atoms with Gasteiger partial charge in [0.05, 0.1) is 51.0 Å². The second kappa shape index (κ2) is 9.81. The summed E-state index contributed by atoms with van der Waals surface area (Å²) < 4.78 is 41.5. The predicted octanol–water partition coefficient (Wildman–Crippen LogP) is 1.79. The Morgan fingerprint density at radius 1 is 1.16 bits per heavy atom. The Morgan fingerprint density at radius 2 is 1.81 bits per heavy atom. The smallest absolute Gasteiger partial charge is 0.224 e. The van der Waals surface area contributed by atoms with Crippen molar-refractivity contribution in [3.63, 3.8) is 0 Å². The molecule has 1 fully saturated rings. The Balaban J connectivity index is 1.61. The number of nitrogens with one attached hydrogen (secondary N) is 1. The number of methoxy groups -OCH3 is 3. The maximum Gasteiger partial charge on any atom is 0.224 e. The van der Waals surface area contributed by atoms with Crippen LogP contribution in [0, 0.1) is 13.8 Å². The van der Waals surface area contributed by atoms with E-state index in [4.69, 9.17) is 14.2 Å². The summed E-state index contributed by atoms with van der Waals surface area (Å²) in [7, 11) is 1.68. The van der Waals surface area contributed by atoms with E-state index in [1.54, 1.807) is 26.0 Å². The molecule has 2 heterocycles. The molecule has 10 heteroatoms. The van der Waals surface area contributed by atoms with Crippen molar-refractivity contribution in [2.75, 3.05) is 39.4 Å². The first-order chi connectivity index (χ1) is 15.2. The third-order valence-corrected chi connectivity index (χ3v) is 7.58. The van der Waals surface area contributed by atoms with Gasteiger partial charge in [-0.25, -0.2) is 8.42 Å². The first-order valence-corrected chi connectivity index (χ1v) is 12.3. The van der Waals surface area contributed by atoms with Crippen LogP contribution in [-0.4, -0.2) is 63.5 Å². The number of carbonyl (C=O) groups is 1. The molecule has 1 atom stereocenters. The Bertz CT molecular complexity index is 1070. The molecular formula is C22H31N3O6S. The molecule has 9 nitrogen and oxygen atoms in total. The standard InChI is InChI=1S/C22H31N3O6S/c1-14-18(15(2)25(24-14)17-7-9-32(27,28)13-17)12-21(26)23-8-6-16-10-19(29-3)22(31-5)20(11-16)30-4/h10-11,17H,6-9,12-13H2,1-5H3,(H,23,26). The summed E-state index contributed by atoms with van der Waals surface area (Å²) in [5, 5.41) is 7.47. The minimum atomic E-state index is -3.01. The van der Waals surface area contributed by atoms with Crippen LogP contribution in [0.2, 0.25) is 0 Å². The highest BCUT2D eigenvalue weighted by Gasteiger charge is 2.31. The molecular weight excluding hydrogens is 434 g/mol. The minimum Gasteiger partial charge on any atom is -0.493 e. The summed E-state index contributed by atoms with van der Waals surface area (Å²) in [5.41, 5.74) is 3.40. The molecule has 3 rings (SSSR count). The monoisotopic (exact) mass is 465 g/mol. The van der Waals surface area contributed by atoms with Crippen LogP contribution in [0.1, 0.15) is 35.0 Å². The number of sulfone groups is 1. The predicted molar refractivity (Wildman–Crippen MR) is 121 cm³/mol. The second-order valence-electron chi connectivity index (χ2n) is 7.96. The van der Waals surface area contributed by atoms with Crippen molar-refractivity contribution in [2.45, 2.75) is 39.2 Å². The molecule has 0 radical (unpaired) electrons. The van der Waals surface area contributed by atoms with Gasteiger partial charge in [-0.15, -0.1) is 0 Å². The summed E-state index contributed by atoms with van der Waals surface area (Å²) in [6.45, 7) is 4.19. The van der Waals surface area contributed by atoms with Crippen molar-refractivity contribution < 1.29 is 27.4 Å². The molecule has 0 aliphatic carbocycles. The van der Waals surface area contributed by atoms with Crippen LogP contribution in [0.25, 0.3) is 0 Å². The maximum absolute atomic E-state index is 12.6. The molecule has 0 spiro atoms. The number of carbonyl (C=O) groups excluding carboxylic acids is 1. The first kappa shape index (κ1) is 23.9. The van der Waals surface area contributed by atoms with Gasteiger partial charge in [-0.2, -0.15) is 5.10 Å². The average Bonchev–Trinajstić information content (AvgIpc) is 3.26. The molecule has 1 amide bonds. The fourth-order valence-corrected chi connectivity index (χ4v) is 5.82. The van der Waals surface area contributed by atoms with Gasteiger partial charge in [0.25, 0.3) is 0 Å².